The quantitative estimate of drug-likeness (QED) is 0.795. The molecule has 0 saturated carbocycles. The molecule has 0 saturated heterocycles. The first-order valence-corrected chi connectivity index (χ1v) is 8.31. The van der Waals surface area contributed by atoms with Crippen LogP contribution in [0.2, 0.25) is 5.02 Å². The second-order valence-corrected chi connectivity index (χ2v) is 6.01. The third-order valence-corrected chi connectivity index (χ3v) is 4.11. The van der Waals surface area contributed by atoms with E-state index < -0.39 is 11.8 Å². The van der Waals surface area contributed by atoms with Gasteiger partial charge in [-0.2, -0.15) is 0 Å². The van der Waals surface area contributed by atoms with Crippen LogP contribution in [0.3, 0.4) is 0 Å². The summed E-state index contributed by atoms with van der Waals surface area (Å²) in [6, 6.07) is 13.4. The largest absolute Gasteiger partial charge is 0.494 e. The van der Waals surface area contributed by atoms with Gasteiger partial charge in [-0.05, 0) is 49.4 Å². The van der Waals surface area contributed by atoms with Gasteiger partial charge in [0.15, 0.2) is 0 Å². The minimum atomic E-state index is -0.583. The maximum Gasteiger partial charge on any atom is 0.283 e. The van der Waals surface area contributed by atoms with Gasteiger partial charge in [0.2, 0.25) is 0 Å². The fourth-order valence-corrected chi connectivity index (χ4v) is 2.82. The number of imide groups is 1. The molecule has 7 heteroatoms. The summed E-state index contributed by atoms with van der Waals surface area (Å²) in [7, 11) is 0. The van der Waals surface area contributed by atoms with Gasteiger partial charge in [0, 0.05) is 10.7 Å². The summed E-state index contributed by atoms with van der Waals surface area (Å²) in [4.78, 5) is 26.1. The summed E-state index contributed by atoms with van der Waals surface area (Å²) >= 11 is 12.0. The van der Waals surface area contributed by atoms with E-state index >= 15 is 0 Å². The van der Waals surface area contributed by atoms with Crippen molar-refractivity contribution in [2.45, 2.75) is 6.92 Å². The van der Waals surface area contributed by atoms with Gasteiger partial charge in [-0.25, -0.2) is 4.90 Å². The Hall–Kier alpha value is -2.50. The molecule has 25 heavy (non-hydrogen) atoms. The number of halogens is 2. The smallest absolute Gasteiger partial charge is 0.283 e. The monoisotopic (exact) mass is 376 g/mol. The highest BCUT2D eigenvalue weighted by molar-refractivity contribution is 6.53. The number of carbonyl (C=O) groups is 2. The molecule has 2 aromatic carbocycles. The van der Waals surface area contributed by atoms with Crippen LogP contribution in [0.4, 0.5) is 11.4 Å². The van der Waals surface area contributed by atoms with Crippen LogP contribution in [-0.4, -0.2) is 18.4 Å². The molecule has 0 aliphatic carbocycles. The number of nitrogens with one attached hydrogen (secondary N) is 1. The predicted molar refractivity (Wildman–Crippen MR) is 98.1 cm³/mol. The predicted octanol–water partition coefficient (Wildman–Crippen LogP) is 4.17. The van der Waals surface area contributed by atoms with Crippen molar-refractivity contribution in [3.8, 4) is 5.75 Å². The van der Waals surface area contributed by atoms with Gasteiger partial charge >= 0.3 is 0 Å². The van der Waals surface area contributed by atoms with Crippen molar-refractivity contribution >= 4 is 46.4 Å². The Balaban J connectivity index is 1.85. The molecule has 3 rings (SSSR count). The van der Waals surface area contributed by atoms with E-state index in [-0.39, 0.29) is 10.7 Å². The first-order chi connectivity index (χ1) is 12.0. The van der Waals surface area contributed by atoms with Gasteiger partial charge in [-0.3, -0.25) is 9.59 Å². The summed E-state index contributed by atoms with van der Waals surface area (Å²) in [5, 5.41) is 3.20. The van der Waals surface area contributed by atoms with Gasteiger partial charge in [-0.15, -0.1) is 0 Å². The molecule has 128 valence electrons. The van der Waals surface area contributed by atoms with Crippen molar-refractivity contribution in [2.24, 2.45) is 0 Å². The highest BCUT2D eigenvalue weighted by Gasteiger charge is 2.38. The van der Waals surface area contributed by atoms with E-state index in [4.69, 9.17) is 27.9 Å². The Kier molecular flexibility index (Phi) is 4.97. The minimum Gasteiger partial charge on any atom is -0.494 e. The summed E-state index contributed by atoms with van der Waals surface area (Å²) < 4.78 is 5.36. The molecule has 0 fully saturated rings. The van der Waals surface area contributed by atoms with Crippen LogP contribution in [0.1, 0.15) is 6.92 Å². The Morgan fingerprint density at radius 3 is 2.40 bits per heavy atom. The lowest BCUT2D eigenvalue weighted by Crippen LogP contribution is -2.32. The van der Waals surface area contributed by atoms with E-state index in [0.29, 0.717) is 28.8 Å². The molecule has 0 aromatic heterocycles. The molecule has 1 N–H and O–H groups in total. The second-order valence-electron chi connectivity index (χ2n) is 5.20. The molecule has 0 atom stereocenters. The number of hydrogen-bond donors (Lipinski definition) is 1. The Labute approximate surface area is 154 Å². The van der Waals surface area contributed by atoms with Crippen LogP contribution in [0, 0.1) is 0 Å². The number of ether oxygens (including phenoxy) is 1. The number of hydrogen-bond acceptors (Lipinski definition) is 4. The number of amides is 2. The van der Waals surface area contributed by atoms with Crippen molar-refractivity contribution in [1.82, 2.24) is 0 Å². The minimum absolute atomic E-state index is 0.0165. The molecule has 0 bridgehead atoms. The lowest BCUT2D eigenvalue weighted by atomic mass is 10.2. The number of anilines is 2. The van der Waals surface area contributed by atoms with Gasteiger partial charge < -0.3 is 10.1 Å². The first kappa shape index (κ1) is 17.3. The SMILES string of the molecule is CCOc1ccc(N2C(=O)C(Cl)=C(Nc3cccc(Cl)c3)C2=O)cc1. The van der Waals surface area contributed by atoms with E-state index in [0.717, 1.165) is 4.90 Å². The molecule has 1 aliphatic heterocycles. The van der Waals surface area contributed by atoms with Gasteiger partial charge in [0.25, 0.3) is 11.8 Å². The second kappa shape index (κ2) is 7.17. The van der Waals surface area contributed by atoms with Crippen LogP contribution >= 0.6 is 23.2 Å². The Bertz CT molecular complexity index is 863. The molecule has 2 aromatic rings. The number of rotatable bonds is 5. The molecule has 2 amide bonds. The third-order valence-electron chi connectivity index (χ3n) is 3.53. The van der Waals surface area contributed by atoms with E-state index in [2.05, 4.69) is 5.32 Å². The fraction of sp³-hybridized carbons (Fsp3) is 0.111. The maximum absolute atomic E-state index is 12.7. The van der Waals surface area contributed by atoms with E-state index in [1.54, 1.807) is 48.5 Å². The summed E-state index contributed by atoms with van der Waals surface area (Å²) in [5.41, 5.74) is 0.998. The molecule has 0 unspecified atom stereocenters. The lowest BCUT2D eigenvalue weighted by molar-refractivity contribution is -0.120. The van der Waals surface area contributed by atoms with Crippen molar-refractivity contribution < 1.29 is 14.3 Å². The maximum atomic E-state index is 12.7. The number of nitrogens with zero attached hydrogens (tertiary/aromatic N) is 1. The zero-order valence-corrected chi connectivity index (χ0v) is 14.8. The Morgan fingerprint density at radius 1 is 1.04 bits per heavy atom. The lowest BCUT2D eigenvalue weighted by Gasteiger charge is -2.15. The Morgan fingerprint density at radius 2 is 1.76 bits per heavy atom. The molecule has 5 nitrogen and oxygen atoms in total. The summed E-state index contributed by atoms with van der Waals surface area (Å²) in [6.45, 7) is 2.40. The standard InChI is InChI=1S/C18H14Cl2N2O3/c1-2-25-14-8-6-13(7-9-14)22-17(23)15(20)16(18(22)24)21-12-5-3-4-11(19)10-12/h3-10,21H,2H2,1H3. The average Bonchev–Trinajstić information content (AvgIpc) is 2.80. The molecule has 1 aliphatic rings. The van der Waals surface area contributed by atoms with Crippen LogP contribution in [0.5, 0.6) is 5.75 Å². The number of benzene rings is 2. The zero-order valence-electron chi connectivity index (χ0n) is 13.3. The van der Waals surface area contributed by atoms with Crippen LogP contribution in [-0.2, 0) is 9.59 Å². The van der Waals surface area contributed by atoms with E-state index in [9.17, 15) is 9.59 Å². The molecule has 0 radical (unpaired) electrons. The van der Waals surface area contributed by atoms with Crippen molar-refractivity contribution in [3.63, 3.8) is 0 Å². The van der Waals surface area contributed by atoms with Crippen LogP contribution in [0.15, 0.2) is 59.3 Å². The zero-order chi connectivity index (χ0) is 18.0. The average molecular weight is 377 g/mol. The fourth-order valence-electron chi connectivity index (χ4n) is 2.41. The highest BCUT2D eigenvalue weighted by Crippen LogP contribution is 2.31. The summed E-state index contributed by atoms with van der Waals surface area (Å²) in [5.74, 6) is -0.457. The van der Waals surface area contributed by atoms with E-state index in [1.165, 1.54) is 0 Å². The van der Waals surface area contributed by atoms with Crippen molar-refractivity contribution in [3.05, 3.63) is 64.3 Å². The van der Waals surface area contributed by atoms with Crippen LogP contribution < -0.4 is 15.0 Å². The van der Waals surface area contributed by atoms with Gasteiger partial charge in [0.1, 0.15) is 16.5 Å². The molecular formula is C18H14Cl2N2O3. The normalized spacial score (nSPS) is 14.3. The number of carbonyl (C=O) groups excluding carboxylic acids is 2. The molecule has 0 spiro atoms. The van der Waals surface area contributed by atoms with Crippen molar-refractivity contribution in [1.29, 1.82) is 0 Å². The molecular weight excluding hydrogens is 363 g/mol. The third kappa shape index (κ3) is 3.48. The first-order valence-electron chi connectivity index (χ1n) is 7.55. The highest BCUT2D eigenvalue weighted by atomic mass is 35.5. The topological polar surface area (TPSA) is 58.6 Å². The molecule has 1 heterocycles. The van der Waals surface area contributed by atoms with E-state index in [1.807, 2.05) is 6.92 Å². The van der Waals surface area contributed by atoms with Crippen LogP contribution in [0.25, 0.3) is 0 Å². The summed E-state index contributed by atoms with van der Waals surface area (Å²) in [6.07, 6.45) is 0. The van der Waals surface area contributed by atoms with Gasteiger partial charge in [-0.1, -0.05) is 29.3 Å². The van der Waals surface area contributed by atoms with Crippen molar-refractivity contribution in [2.75, 3.05) is 16.8 Å². The van der Waals surface area contributed by atoms with Gasteiger partial charge in [0.05, 0.1) is 12.3 Å².